The van der Waals surface area contributed by atoms with Crippen LogP contribution in [-0.2, 0) is 9.47 Å². The molecule has 2 saturated heterocycles. The summed E-state index contributed by atoms with van der Waals surface area (Å²) in [6.07, 6.45) is 0.716. The van der Waals surface area contributed by atoms with Gasteiger partial charge in [0.2, 0.25) is 0 Å². The molecule has 0 bridgehead atoms. The van der Waals surface area contributed by atoms with Gasteiger partial charge in [-0.1, -0.05) is 0 Å². The molecular formula is C5H8O3. The molecule has 0 aliphatic carbocycles. The highest BCUT2D eigenvalue weighted by Gasteiger charge is 2.51. The van der Waals surface area contributed by atoms with Gasteiger partial charge in [0.1, 0.15) is 6.10 Å². The molecular weight excluding hydrogens is 108 g/mol. The molecule has 2 aliphatic rings. The number of aliphatic hydroxyl groups is 1. The third kappa shape index (κ3) is 0.491. The number of hydrogen-bond donors (Lipinski definition) is 1. The Hall–Kier alpha value is -0.120. The van der Waals surface area contributed by atoms with Crippen molar-refractivity contribution in [3.05, 3.63) is 0 Å². The number of ether oxygens (including phenoxy) is 2. The highest BCUT2D eigenvalue weighted by Crippen LogP contribution is 2.34. The lowest BCUT2D eigenvalue weighted by Crippen LogP contribution is -2.48. The maximum Gasteiger partial charge on any atom is 0.196 e. The maximum atomic E-state index is 9.20. The third-order valence-corrected chi connectivity index (χ3v) is 1.65. The van der Waals surface area contributed by atoms with Gasteiger partial charge in [-0.05, 0) is 0 Å². The van der Waals surface area contributed by atoms with E-state index in [0.717, 1.165) is 6.42 Å². The average molecular weight is 116 g/mol. The van der Waals surface area contributed by atoms with Gasteiger partial charge in [-0.2, -0.15) is 0 Å². The Balaban J connectivity index is 1.99. The Bertz CT molecular complexity index is 104. The van der Waals surface area contributed by atoms with Crippen molar-refractivity contribution in [2.24, 2.45) is 0 Å². The summed E-state index contributed by atoms with van der Waals surface area (Å²) in [4.78, 5) is 0. The first-order valence-electron chi connectivity index (χ1n) is 2.79. The fraction of sp³-hybridized carbons (Fsp3) is 1.00. The van der Waals surface area contributed by atoms with Crippen LogP contribution < -0.4 is 0 Å². The zero-order chi connectivity index (χ0) is 5.61. The van der Waals surface area contributed by atoms with E-state index in [1.54, 1.807) is 0 Å². The standard InChI is InChI=1S/C5H8O3/c6-5(1-2-8-5)4-3-7-4/h4,6H,1-3H2. The predicted molar refractivity (Wildman–Crippen MR) is 25.3 cm³/mol. The quantitative estimate of drug-likeness (QED) is 0.469. The summed E-state index contributed by atoms with van der Waals surface area (Å²) in [7, 11) is 0. The zero-order valence-corrected chi connectivity index (χ0v) is 4.46. The Labute approximate surface area is 47.2 Å². The van der Waals surface area contributed by atoms with E-state index in [1.807, 2.05) is 0 Å². The molecule has 0 spiro atoms. The first-order valence-corrected chi connectivity index (χ1v) is 2.79. The van der Waals surface area contributed by atoms with Gasteiger partial charge in [0, 0.05) is 6.42 Å². The molecule has 0 saturated carbocycles. The third-order valence-electron chi connectivity index (χ3n) is 1.65. The van der Waals surface area contributed by atoms with Crippen molar-refractivity contribution in [1.82, 2.24) is 0 Å². The van der Waals surface area contributed by atoms with Crippen LogP contribution >= 0.6 is 0 Å². The molecule has 3 nitrogen and oxygen atoms in total. The predicted octanol–water partition coefficient (Wildman–Crippen LogP) is -0.506. The van der Waals surface area contributed by atoms with Crippen molar-refractivity contribution < 1.29 is 14.6 Å². The molecule has 0 aromatic carbocycles. The number of epoxide rings is 1. The highest BCUT2D eigenvalue weighted by molar-refractivity contribution is 4.91. The monoisotopic (exact) mass is 116 g/mol. The number of hydrogen-bond acceptors (Lipinski definition) is 3. The SMILES string of the molecule is OC1(C2CO2)CCO1. The van der Waals surface area contributed by atoms with Crippen molar-refractivity contribution in [3.63, 3.8) is 0 Å². The summed E-state index contributed by atoms with van der Waals surface area (Å²) in [6.45, 7) is 1.34. The second-order valence-electron chi connectivity index (χ2n) is 2.27. The second-order valence-corrected chi connectivity index (χ2v) is 2.27. The van der Waals surface area contributed by atoms with Crippen molar-refractivity contribution in [3.8, 4) is 0 Å². The van der Waals surface area contributed by atoms with E-state index in [1.165, 1.54) is 0 Å². The number of rotatable bonds is 1. The molecule has 8 heavy (non-hydrogen) atoms. The zero-order valence-electron chi connectivity index (χ0n) is 4.46. The molecule has 0 radical (unpaired) electrons. The summed E-state index contributed by atoms with van der Waals surface area (Å²) in [5.74, 6) is -0.889. The molecule has 0 aromatic rings. The van der Waals surface area contributed by atoms with Crippen molar-refractivity contribution in [2.45, 2.75) is 18.3 Å². The van der Waals surface area contributed by atoms with Gasteiger partial charge in [-0.25, -0.2) is 0 Å². The van der Waals surface area contributed by atoms with Crippen LogP contribution in [0.3, 0.4) is 0 Å². The van der Waals surface area contributed by atoms with Crippen LogP contribution in [0.1, 0.15) is 6.42 Å². The first-order chi connectivity index (χ1) is 3.81. The van der Waals surface area contributed by atoms with E-state index in [4.69, 9.17) is 9.47 Å². The Morgan fingerprint density at radius 1 is 1.62 bits per heavy atom. The van der Waals surface area contributed by atoms with Gasteiger partial charge in [-0.3, -0.25) is 0 Å². The van der Waals surface area contributed by atoms with Crippen molar-refractivity contribution >= 4 is 0 Å². The molecule has 3 heteroatoms. The molecule has 46 valence electrons. The maximum absolute atomic E-state index is 9.20. The van der Waals surface area contributed by atoms with E-state index >= 15 is 0 Å². The fourth-order valence-corrected chi connectivity index (χ4v) is 0.874. The minimum absolute atomic E-state index is 0.0174. The second kappa shape index (κ2) is 1.23. The molecule has 2 aliphatic heterocycles. The van der Waals surface area contributed by atoms with Gasteiger partial charge in [0.15, 0.2) is 5.79 Å². The molecule has 2 unspecified atom stereocenters. The minimum Gasteiger partial charge on any atom is -0.367 e. The topological polar surface area (TPSA) is 42.0 Å². The molecule has 2 atom stereocenters. The van der Waals surface area contributed by atoms with E-state index in [-0.39, 0.29) is 6.10 Å². The lowest BCUT2D eigenvalue weighted by molar-refractivity contribution is -0.290. The normalized spacial score (nSPS) is 52.9. The average Bonchev–Trinajstić information content (AvgIpc) is 2.38. The molecule has 0 amide bonds. The Morgan fingerprint density at radius 2 is 2.25 bits per heavy atom. The Kier molecular flexibility index (Phi) is 0.730. The summed E-state index contributed by atoms with van der Waals surface area (Å²) >= 11 is 0. The van der Waals surface area contributed by atoms with Crippen LogP contribution in [0.2, 0.25) is 0 Å². The molecule has 1 N–H and O–H groups in total. The van der Waals surface area contributed by atoms with Crippen LogP contribution in [0.5, 0.6) is 0 Å². The van der Waals surface area contributed by atoms with Crippen LogP contribution in [0.15, 0.2) is 0 Å². The van der Waals surface area contributed by atoms with Crippen molar-refractivity contribution in [1.29, 1.82) is 0 Å². The summed E-state index contributed by atoms with van der Waals surface area (Å²) in [5.41, 5.74) is 0. The van der Waals surface area contributed by atoms with E-state index in [2.05, 4.69) is 0 Å². The molecule has 0 aromatic heterocycles. The van der Waals surface area contributed by atoms with Crippen LogP contribution in [0.4, 0.5) is 0 Å². The van der Waals surface area contributed by atoms with E-state index in [0.29, 0.717) is 13.2 Å². The molecule has 2 heterocycles. The van der Waals surface area contributed by atoms with Crippen LogP contribution in [-0.4, -0.2) is 30.2 Å². The van der Waals surface area contributed by atoms with Gasteiger partial charge in [0.25, 0.3) is 0 Å². The largest absolute Gasteiger partial charge is 0.367 e. The van der Waals surface area contributed by atoms with E-state index < -0.39 is 5.79 Å². The molecule has 2 rings (SSSR count). The summed E-state index contributed by atoms with van der Waals surface area (Å²) < 4.78 is 9.71. The fourth-order valence-electron chi connectivity index (χ4n) is 0.874. The lowest BCUT2D eigenvalue weighted by atomic mass is 10.1. The van der Waals surface area contributed by atoms with Crippen molar-refractivity contribution in [2.75, 3.05) is 13.2 Å². The van der Waals surface area contributed by atoms with Crippen LogP contribution in [0, 0.1) is 0 Å². The van der Waals surface area contributed by atoms with Crippen LogP contribution in [0.25, 0.3) is 0 Å². The van der Waals surface area contributed by atoms with Gasteiger partial charge in [0.05, 0.1) is 13.2 Å². The Morgan fingerprint density at radius 3 is 2.38 bits per heavy atom. The summed E-state index contributed by atoms with van der Waals surface area (Å²) in [6, 6.07) is 0. The minimum atomic E-state index is -0.889. The van der Waals surface area contributed by atoms with E-state index in [9.17, 15) is 5.11 Å². The summed E-state index contributed by atoms with van der Waals surface area (Å²) in [5, 5.41) is 9.20. The van der Waals surface area contributed by atoms with Gasteiger partial charge in [-0.15, -0.1) is 0 Å². The smallest absolute Gasteiger partial charge is 0.196 e. The lowest BCUT2D eigenvalue weighted by Gasteiger charge is -2.34. The van der Waals surface area contributed by atoms with Gasteiger partial charge < -0.3 is 14.6 Å². The highest BCUT2D eigenvalue weighted by atomic mass is 16.7. The molecule has 2 fully saturated rings. The van der Waals surface area contributed by atoms with Gasteiger partial charge >= 0.3 is 0 Å². The first kappa shape index (κ1) is 4.73.